The van der Waals surface area contributed by atoms with Crippen molar-refractivity contribution in [3.63, 3.8) is 0 Å². The third kappa shape index (κ3) is 16.7. The SMILES string of the molecule is C[C@H]1O[C@H](O[C@H]2[C@H](O)[C@@H](O)[C@@H](O)O[C@@H]2CO)[C@H](O)[C@@H](O)[C@@H]1N[C@H]1C[C@H](CO)[C@@H](O[C@H]2O[C@H](CO)[C@@H](O[C@H]3O[C@H](CO)[C@@H](O[C@H]4O[C@H](CO)[C@@H](O[C@H]5O[C@H](CO)[C@@H](O[C@H]6O[C@H](CO)[C@@H](O[C@H]7O[C@H](CO)[C@@H](O)[C@H](O)[C@H]7O)[C@H](O)[C@H]6O)[C@H](O)[C@H]5O)[C@H](O)[C@H]4O)[C@H](O)[C@H]3O)[C@H](O)[C@H]2O)[C@H](O)[C@H]1O. The predicted octanol–water partition coefficient (Wildman–Crippen LogP) is -19.4. The molecule has 1 saturated carbocycles. The summed E-state index contributed by atoms with van der Waals surface area (Å²) >= 11 is 0. The summed E-state index contributed by atoms with van der Waals surface area (Å²) in [7, 11) is 0. The Morgan fingerprint density at radius 3 is 0.818 bits per heavy atom. The van der Waals surface area contributed by atoms with Gasteiger partial charge in [-0.2, -0.15) is 0 Å². The van der Waals surface area contributed by atoms with E-state index in [1.807, 2.05) is 0 Å². The second kappa shape index (κ2) is 34.9. The Bertz CT molecular complexity index is 2430. The van der Waals surface area contributed by atoms with E-state index >= 15 is 0 Å². The Hall–Kier alpha value is -1.76. The topological polar surface area (TPSA) is 717 Å². The van der Waals surface area contributed by atoms with Crippen LogP contribution in [0.25, 0.3) is 0 Å². The van der Waals surface area contributed by atoms with E-state index in [2.05, 4.69) is 5.32 Å². The van der Waals surface area contributed by atoms with Crippen molar-refractivity contribution in [3.05, 3.63) is 0 Å². The molecule has 578 valence electrons. The Balaban J connectivity index is 0.767. The second-order valence-electron chi connectivity index (χ2n) is 25.8. The lowest BCUT2D eigenvalue weighted by Gasteiger charge is -2.50. The van der Waals surface area contributed by atoms with Crippen LogP contribution in [0.2, 0.25) is 0 Å². The minimum Gasteiger partial charge on any atom is -0.396 e. The highest BCUT2D eigenvalue weighted by molar-refractivity contribution is 5.05. The van der Waals surface area contributed by atoms with Crippen LogP contribution in [0.4, 0.5) is 0 Å². The lowest BCUT2D eigenvalue weighted by atomic mass is 9.78. The number of hydrogen-bond acceptors (Lipinski definition) is 44. The Morgan fingerprint density at radius 2 is 0.505 bits per heavy atom. The van der Waals surface area contributed by atoms with Crippen LogP contribution in [0.3, 0.4) is 0 Å². The van der Waals surface area contributed by atoms with Crippen molar-refractivity contribution in [1.29, 1.82) is 0 Å². The van der Waals surface area contributed by atoms with E-state index in [9.17, 15) is 143 Å². The second-order valence-corrected chi connectivity index (χ2v) is 25.8. The molecule has 0 radical (unpaired) electrons. The van der Waals surface area contributed by atoms with Gasteiger partial charge in [0.25, 0.3) is 0 Å². The van der Waals surface area contributed by atoms with Crippen molar-refractivity contribution in [3.8, 4) is 0 Å². The van der Waals surface area contributed by atoms with Gasteiger partial charge in [-0.05, 0) is 13.3 Å². The van der Waals surface area contributed by atoms with Crippen molar-refractivity contribution in [2.45, 2.75) is 283 Å². The zero-order valence-corrected chi connectivity index (χ0v) is 52.5. The molecule has 9 aliphatic rings. The van der Waals surface area contributed by atoms with Crippen LogP contribution in [0.1, 0.15) is 13.3 Å². The summed E-state index contributed by atoms with van der Waals surface area (Å²) in [6.45, 7) is -6.35. The third-order valence-electron chi connectivity index (χ3n) is 19.4. The van der Waals surface area contributed by atoms with Gasteiger partial charge in [0.05, 0.1) is 70.6 Å². The van der Waals surface area contributed by atoms with Crippen molar-refractivity contribution in [1.82, 2.24) is 5.32 Å². The molecule has 8 aliphatic heterocycles. The summed E-state index contributed by atoms with van der Waals surface area (Å²) in [5.74, 6) is -1.15. The molecule has 29 N–H and O–H groups in total. The van der Waals surface area contributed by atoms with Crippen LogP contribution in [0.15, 0.2) is 0 Å². The maximum atomic E-state index is 11.5. The summed E-state index contributed by atoms with van der Waals surface area (Å²) < 4.78 is 84.4. The molecular weight excluding hydrogens is 1360 g/mol. The summed E-state index contributed by atoms with van der Waals surface area (Å²) in [4.78, 5) is 0. The van der Waals surface area contributed by atoms with Crippen molar-refractivity contribution in [2.24, 2.45) is 5.92 Å². The van der Waals surface area contributed by atoms with Gasteiger partial charge in [0.15, 0.2) is 50.3 Å². The standard InChI is InChI=1S/C55H95NO43/c1-11-21(24(67)34(77)49(85-11)94-42-15(5-59)86-48(84)33(76)27(42)70)56-13-2-12(3-57)41(26(69)22(13)65)93-51-36(79)28(71)44(16(6-60)88-51)96-53-38(81)30(73)46(18(8-62)90-53)98-55-40(83)32(75)47(20(10-64)92-55)99-54-39(82)31(74)45(19(9-63)91-54)97-52-37(80)29(72)43(17(7-61)89-52)95-50-35(78)25(68)23(66)14(4-58)87-50/h11-84H,2-10H2,1H3/t11-,12-,13+,14-,15-,16-,17-,18-,19-,20-,21-,22+,23-,24+,25+,26-,27-,28-,29-,30-,31-,32-,33-,34-,35-,36-,37-,38-,39-,40-,41-,42-,43-,44-,45-,46-,47-,48+,49-,50-,51-,52-,53-,54-,55-/m1/s1. The van der Waals surface area contributed by atoms with Crippen molar-refractivity contribution in [2.75, 3.05) is 52.9 Å². The van der Waals surface area contributed by atoms with Gasteiger partial charge in [0.2, 0.25) is 0 Å². The minimum absolute atomic E-state index is 0.270. The number of ether oxygens (including phenoxy) is 15. The minimum atomic E-state index is -2.27. The smallest absolute Gasteiger partial charge is 0.187 e. The first-order valence-electron chi connectivity index (χ1n) is 32.0. The Morgan fingerprint density at radius 1 is 0.253 bits per heavy atom. The summed E-state index contributed by atoms with van der Waals surface area (Å²) in [6.07, 6.45) is -80.4. The van der Waals surface area contributed by atoms with E-state index in [0.29, 0.717) is 0 Å². The highest BCUT2D eigenvalue weighted by Gasteiger charge is 2.60. The number of nitrogens with one attached hydrogen (secondary N) is 1. The maximum Gasteiger partial charge on any atom is 0.187 e. The quantitative estimate of drug-likeness (QED) is 0.0427. The normalized spacial score (nSPS) is 54.1. The molecule has 45 atom stereocenters. The fraction of sp³-hybridized carbons (Fsp3) is 1.00. The molecule has 1 aliphatic carbocycles. The lowest BCUT2D eigenvalue weighted by Crippen LogP contribution is -2.69. The molecule has 9 rings (SSSR count). The summed E-state index contributed by atoms with van der Waals surface area (Å²) in [5.41, 5.74) is 0. The average Bonchev–Trinajstić information content (AvgIpc) is 0.780. The van der Waals surface area contributed by atoms with Crippen LogP contribution < -0.4 is 5.32 Å². The van der Waals surface area contributed by atoms with Crippen LogP contribution >= 0.6 is 0 Å². The zero-order valence-electron chi connectivity index (χ0n) is 52.5. The van der Waals surface area contributed by atoms with Gasteiger partial charge in [-0.1, -0.05) is 0 Å². The molecule has 0 aromatic heterocycles. The molecule has 99 heavy (non-hydrogen) atoms. The molecular formula is C55H95NO43. The molecule has 44 nitrogen and oxygen atoms in total. The fourth-order valence-corrected chi connectivity index (χ4v) is 13.6. The van der Waals surface area contributed by atoms with Gasteiger partial charge in [-0.25, -0.2) is 0 Å². The van der Waals surface area contributed by atoms with E-state index < -0.39 is 329 Å². The molecule has 8 saturated heterocycles. The number of rotatable bonds is 24. The predicted molar refractivity (Wildman–Crippen MR) is 301 cm³/mol. The van der Waals surface area contributed by atoms with E-state index in [1.165, 1.54) is 6.92 Å². The van der Waals surface area contributed by atoms with E-state index in [0.717, 1.165) is 0 Å². The van der Waals surface area contributed by atoms with Crippen LogP contribution in [0.5, 0.6) is 0 Å². The summed E-state index contributed by atoms with van der Waals surface area (Å²) in [5, 5.41) is 304. The number of hydrogen-bond donors (Lipinski definition) is 29. The largest absolute Gasteiger partial charge is 0.396 e. The highest BCUT2D eigenvalue weighted by atomic mass is 16.8. The Kier molecular flexibility index (Phi) is 28.6. The van der Waals surface area contributed by atoms with E-state index in [4.69, 9.17) is 71.1 Å². The molecule has 0 aromatic carbocycles. The highest BCUT2D eigenvalue weighted by Crippen LogP contribution is 2.40. The van der Waals surface area contributed by atoms with Gasteiger partial charge < -0.3 is 219 Å². The Labute approximate surface area is 560 Å². The first-order valence-corrected chi connectivity index (χ1v) is 32.0. The van der Waals surface area contributed by atoms with E-state index in [-0.39, 0.29) is 6.42 Å². The van der Waals surface area contributed by atoms with Crippen LogP contribution in [0, 0.1) is 5.92 Å². The molecule has 0 spiro atoms. The lowest BCUT2D eigenvalue weighted by molar-refractivity contribution is -0.397. The van der Waals surface area contributed by atoms with Crippen molar-refractivity contribution >= 4 is 0 Å². The molecule has 9 fully saturated rings. The summed E-state index contributed by atoms with van der Waals surface area (Å²) in [6, 6.07) is -2.47. The molecule has 0 bridgehead atoms. The number of aliphatic hydroxyl groups is 28. The molecule has 0 unspecified atom stereocenters. The fourth-order valence-electron chi connectivity index (χ4n) is 13.6. The third-order valence-corrected chi connectivity index (χ3v) is 19.4. The van der Waals surface area contributed by atoms with Crippen LogP contribution in [-0.2, 0) is 71.1 Å². The molecule has 44 heteroatoms. The monoisotopic (exact) mass is 1460 g/mol. The zero-order chi connectivity index (χ0) is 72.7. The molecule has 8 heterocycles. The first kappa shape index (κ1) is 81.3. The van der Waals surface area contributed by atoms with Gasteiger partial charge in [0.1, 0.15) is 189 Å². The number of aliphatic hydroxyl groups excluding tert-OH is 28. The molecule has 0 aromatic rings. The van der Waals surface area contributed by atoms with Gasteiger partial charge >= 0.3 is 0 Å². The van der Waals surface area contributed by atoms with Gasteiger partial charge in [-0.15, -0.1) is 0 Å². The average molecular weight is 1460 g/mol. The molecule has 0 amide bonds. The van der Waals surface area contributed by atoms with Gasteiger partial charge in [0, 0.05) is 18.6 Å². The van der Waals surface area contributed by atoms with Crippen molar-refractivity contribution < 1.29 is 214 Å². The van der Waals surface area contributed by atoms with Gasteiger partial charge in [-0.3, -0.25) is 0 Å². The first-order chi connectivity index (χ1) is 46.9. The van der Waals surface area contributed by atoms with E-state index in [1.54, 1.807) is 0 Å². The maximum absolute atomic E-state index is 11.5. The van der Waals surface area contributed by atoms with Crippen LogP contribution in [-0.4, -0.2) is 466 Å².